The fraction of sp³-hybridized carbons (Fsp3) is 0.455. The molecule has 0 saturated heterocycles. The van der Waals surface area contributed by atoms with Crippen LogP contribution in [-0.4, -0.2) is 27.6 Å². The number of aliphatic hydroxyl groups excluding tert-OH is 1. The molecular formula is C11H14N2O3S. The van der Waals surface area contributed by atoms with Gasteiger partial charge in [-0.3, -0.25) is 0 Å². The van der Waals surface area contributed by atoms with E-state index in [4.69, 9.17) is 14.0 Å². The van der Waals surface area contributed by atoms with Crippen LogP contribution in [-0.2, 0) is 5.75 Å². The van der Waals surface area contributed by atoms with E-state index in [1.165, 1.54) is 0 Å². The lowest BCUT2D eigenvalue weighted by Gasteiger charge is -2.04. The minimum absolute atomic E-state index is 0.203. The van der Waals surface area contributed by atoms with Crippen LogP contribution in [0.3, 0.4) is 0 Å². The maximum absolute atomic E-state index is 8.88. The summed E-state index contributed by atoms with van der Waals surface area (Å²) in [6.45, 7) is 2.20. The quantitative estimate of drug-likeness (QED) is 0.852. The summed E-state index contributed by atoms with van der Waals surface area (Å²) in [7, 11) is 0. The van der Waals surface area contributed by atoms with Gasteiger partial charge in [-0.2, -0.15) is 16.7 Å². The van der Waals surface area contributed by atoms with Crippen LogP contribution in [0.2, 0.25) is 0 Å². The Kier molecular flexibility index (Phi) is 4.22. The minimum Gasteiger partial charge on any atom is -0.461 e. The molecule has 2 aromatic heterocycles. The van der Waals surface area contributed by atoms with Gasteiger partial charge in [-0.05, 0) is 23.8 Å². The van der Waals surface area contributed by atoms with E-state index in [2.05, 4.69) is 10.1 Å². The molecule has 2 heterocycles. The lowest BCUT2D eigenvalue weighted by Crippen LogP contribution is -2.03. The maximum Gasteiger partial charge on any atom is 0.238 e. The zero-order chi connectivity index (χ0) is 12.1. The van der Waals surface area contributed by atoms with Crippen LogP contribution in [0.1, 0.15) is 12.8 Å². The third-order valence-corrected chi connectivity index (χ3v) is 3.41. The molecule has 1 N–H and O–H groups in total. The first kappa shape index (κ1) is 12.2. The van der Waals surface area contributed by atoms with Crippen molar-refractivity contribution in [2.45, 2.75) is 12.7 Å². The van der Waals surface area contributed by atoms with E-state index in [1.807, 2.05) is 6.92 Å². The van der Waals surface area contributed by atoms with Crippen molar-refractivity contribution in [3.05, 3.63) is 24.3 Å². The monoisotopic (exact) mass is 254 g/mol. The third-order valence-electron chi connectivity index (χ3n) is 2.15. The van der Waals surface area contributed by atoms with Crippen molar-refractivity contribution in [2.24, 2.45) is 5.92 Å². The average molecular weight is 254 g/mol. The predicted octanol–water partition coefficient (Wildman–Crippen LogP) is 2.19. The number of aromatic nitrogens is 2. The molecule has 0 amide bonds. The molecule has 2 rings (SSSR count). The number of thioether (sulfide) groups is 1. The Morgan fingerprint density at radius 1 is 1.53 bits per heavy atom. The van der Waals surface area contributed by atoms with E-state index >= 15 is 0 Å². The van der Waals surface area contributed by atoms with Crippen LogP contribution in [0.25, 0.3) is 11.6 Å². The molecule has 6 heteroatoms. The summed E-state index contributed by atoms with van der Waals surface area (Å²) in [6, 6.07) is 3.57. The summed E-state index contributed by atoms with van der Waals surface area (Å²) in [5, 5.41) is 12.7. The second-order valence-corrected chi connectivity index (χ2v) is 4.82. The number of hydrogen-bond acceptors (Lipinski definition) is 6. The first-order valence-corrected chi connectivity index (χ1v) is 6.50. The smallest absolute Gasteiger partial charge is 0.238 e. The number of furan rings is 1. The molecule has 0 radical (unpaired) electrons. The summed E-state index contributed by atoms with van der Waals surface area (Å²) >= 11 is 1.66. The molecule has 2 aromatic rings. The molecule has 92 valence electrons. The van der Waals surface area contributed by atoms with Crippen molar-refractivity contribution in [1.82, 2.24) is 10.1 Å². The zero-order valence-electron chi connectivity index (χ0n) is 9.50. The van der Waals surface area contributed by atoms with Crippen molar-refractivity contribution in [1.29, 1.82) is 0 Å². The van der Waals surface area contributed by atoms with Gasteiger partial charge < -0.3 is 14.0 Å². The highest BCUT2D eigenvalue weighted by molar-refractivity contribution is 7.98. The topological polar surface area (TPSA) is 72.3 Å². The highest BCUT2D eigenvalue weighted by Gasteiger charge is 2.11. The Balaban J connectivity index is 1.87. The molecule has 0 aliphatic heterocycles. The van der Waals surface area contributed by atoms with Crippen LogP contribution in [0.15, 0.2) is 27.3 Å². The molecule has 0 bridgehead atoms. The SMILES string of the molecule is CC(CO)CSCc1nc(-c2ccco2)no1. The van der Waals surface area contributed by atoms with Crippen LogP contribution in [0.4, 0.5) is 0 Å². The Morgan fingerprint density at radius 3 is 3.12 bits per heavy atom. The lowest BCUT2D eigenvalue weighted by molar-refractivity contribution is 0.250. The largest absolute Gasteiger partial charge is 0.461 e. The molecule has 0 aromatic carbocycles. The third kappa shape index (κ3) is 3.34. The van der Waals surface area contributed by atoms with Crippen LogP contribution < -0.4 is 0 Å². The number of rotatable bonds is 6. The highest BCUT2D eigenvalue weighted by Crippen LogP contribution is 2.19. The van der Waals surface area contributed by atoms with Crippen molar-refractivity contribution in [3.8, 4) is 11.6 Å². The van der Waals surface area contributed by atoms with E-state index in [1.54, 1.807) is 30.2 Å². The van der Waals surface area contributed by atoms with Gasteiger partial charge in [0.25, 0.3) is 0 Å². The molecule has 0 spiro atoms. The standard InChI is InChI=1S/C11H14N2O3S/c1-8(5-14)6-17-7-10-12-11(13-16-10)9-3-2-4-15-9/h2-4,8,14H,5-7H2,1H3. The summed E-state index contributed by atoms with van der Waals surface area (Å²) < 4.78 is 10.3. The van der Waals surface area contributed by atoms with E-state index in [-0.39, 0.29) is 12.5 Å². The lowest BCUT2D eigenvalue weighted by atomic mass is 10.2. The Labute approximate surface area is 103 Å². The highest BCUT2D eigenvalue weighted by atomic mass is 32.2. The van der Waals surface area contributed by atoms with Gasteiger partial charge in [-0.25, -0.2) is 0 Å². The van der Waals surface area contributed by atoms with Gasteiger partial charge in [-0.15, -0.1) is 0 Å². The van der Waals surface area contributed by atoms with Crippen molar-refractivity contribution in [2.75, 3.05) is 12.4 Å². The molecule has 0 fully saturated rings. The fourth-order valence-corrected chi connectivity index (χ4v) is 2.14. The van der Waals surface area contributed by atoms with E-state index in [9.17, 15) is 0 Å². The average Bonchev–Trinajstić information content (AvgIpc) is 2.98. The molecule has 0 aliphatic rings. The van der Waals surface area contributed by atoms with Crippen LogP contribution >= 0.6 is 11.8 Å². The predicted molar refractivity (Wildman–Crippen MR) is 64.4 cm³/mol. The molecule has 5 nitrogen and oxygen atoms in total. The van der Waals surface area contributed by atoms with Crippen molar-refractivity contribution >= 4 is 11.8 Å². The molecule has 17 heavy (non-hydrogen) atoms. The number of nitrogens with zero attached hydrogens (tertiary/aromatic N) is 2. The Bertz CT molecular complexity index is 441. The fourth-order valence-electron chi connectivity index (χ4n) is 1.22. The Morgan fingerprint density at radius 2 is 2.41 bits per heavy atom. The van der Waals surface area contributed by atoms with Crippen molar-refractivity contribution in [3.63, 3.8) is 0 Å². The summed E-state index contributed by atoms with van der Waals surface area (Å²) in [4.78, 5) is 4.22. The first-order chi connectivity index (χ1) is 8.29. The molecular weight excluding hydrogens is 240 g/mol. The molecule has 0 saturated carbocycles. The maximum atomic E-state index is 8.88. The molecule has 0 aliphatic carbocycles. The van der Waals surface area contributed by atoms with Gasteiger partial charge in [0.2, 0.25) is 11.7 Å². The van der Waals surface area contributed by atoms with Crippen LogP contribution in [0.5, 0.6) is 0 Å². The second kappa shape index (κ2) is 5.88. The van der Waals surface area contributed by atoms with Gasteiger partial charge in [0, 0.05) is 6.61 Å². The minimum atomic E-state index is 0.203. The van der Waals surface area contributed by atoms with E-state index in [0.717, 1.165) is 5.75 Å². The van der Waals surface area contributed by atoms with Crippen LogP contribution in [0, 0.1) is 5.92 Å². The van der Waals surface area contributed by atoms with Gasteiger partial charge in [-0.1, -0.05) is 12.1 Å². The summed E-state index contributed by atoms with van der Waals surface area (Å²) in [6.07, 6.45) is 1.57. The normalized spacial score (nSPS) is 12.8. The van der Waals surface area contributed by atoms with E-state index < -0.39 is 0 Å². The Hall–Kier alpha value is -1.27. The molecule has 1 atom stereocenters. The summed E-state index contributed by atoms with van der Waals surface area (Å²) in [5.41, 5.74) is 0. The second-order valence-electron chi connectivity index (χ2n) is 3.79. The van der Waals surface area contributed by atoms with Gasteiger partial charge in [0.1, 0.15) is 0 Å². The van der Waals surface area contributed by atoms with Gasteiger partial charge >= 0.3 is 0 Å². The van der Waals surface area contributed by atoms with E-state index in [0.29, 0.717) is 23.2 Å². The van der Waals surface area contributed by atoms with Crippen molar-refractivity contribution < 1.29 is 14.0 Å². The molecule has 1 unspecified atom stereocenters. The number of aliphatic hydroxyl groups is 1. The number of hydrogen-bond donors (Lipinski definition) is 1. The first-order valence-electron chi connectivity index (χ1n) is 5.34. The van der Waals surface area contributed by atoms with Gasteiger partial charge in [0.05, 0.1) is 12.0 Å². The summed E-state index contributed by atoms with van der Waals surface area (Å²) in [5.74, 6) is 3.46. The van der Waals surface area contributed by atoms with Gasteiger partial charge in [0.15, 0.2) is 5.76 Å². The zero-order valence-corrected chi connectivity index (χ0v) is 10.3.